The van der Waals surface area contributed by atoms with E-state index in [1.54, 1.807) is 16.0 Å². The Balaban J connectivity index is 2.12. The maximum Gasteiger partial charge on any atom is 0.0846 e. The Hall–Kier alpha value is -0.910. The molecule has 0 bridgehead atoms. The molecule has 6 heteroatoms. The lowest BCUT2D eigenvalue weighted by molar-refractivity contribution is 0.531. The summed E-state index contributed by atoms with van der Waals surface area (Å²) >= 11 is 7.90. The van der Waals surface area contributed by atoms with E-state index < -0.39 is 0 Å². The maximum absolute atomic E-state index is 6.21. The number of nitrogens with one attached hydrogen (secondary N) is 1. The fraction of sp³-hybridized carbons (Fsp3) is 0.500. The lowest BCUT2D eigenvalue weighted by Gasteiger charge is -2.16. The van der Waals surface area contributed by atoms with Crippen LogP contribution < -0.4 is 5.32 Å². The van der Waals surface area contributed by atoms with E-state index >= 15 is 0 Å². The summed E-state index contributed by atoms with van der Waals surface area (Å²) < 4.78 is 1.72. The van der Waals surface area contributed by atoms with Gasteiger partial charge in [0.15, 0.2) is 0 Å². The highest BCUT2D eigenvalue weighted by atomic mass is 35.5. The predicted molar refractivity (Wildman–Crippen MR) is 75.1 cm³/mol. The molecule has 0 spiro atoms. The molecule has 98 valence electrons. The minimum atomic E-state index is 0.217. The molecule has 0 aromatic carbocycles. The largest absolute Gasteiger partial charge is 0.309 e. The normalized spacial score (nSPS) is 12.8. The zero-order valence-electron chi connectivity index (χ0n) is 10.6. The molecule has 2 rings (SSSR count). The molecule has 1 unspecified atom stereocenters. The number of aromatic nitrogens is 3. The zero-order valence-corrected chi connectivity index (χ0v) is 12.1. The van der Waals surface area contributed by atoms with Crippen LogP contribution in [0.15, 0.2) is 17.6 Å². The van der Waals surface area contributed by atoms with Gasteiger partial charge in [-0.2, -0.15) is 0 Å². The van der Waals surface area contributed by atoms with Crippen molar-refractivity contribution >= 4 is 22.9 Å². The van der Waals surface area contributed by atoms with E-state index in [1.807, 2.05) is 24.7 Å². The zero-order chi connectivity index (χ0) is 13.0. The molecule has 0 saturated carbocycles. The van der Waals surface area contributed by atoms with Gasteiger partial charge in [-0.1, -0.05) is 23.7 Å². The Morgan fingerprint density at radius 3 is 2.94 bits per heavy atom. The number of nitrogens with zero attached hydrogens (tertiary/aromatic N) is 3. The average Bonchev–Trinajstić information content (AvgIpc) is 2.93. The summed E-state index contributed by atoms with van der Waals surface area (Å²) in [7, 11) is 1.88. The van der Waals surface area contributed by atoms with E-state index in [0.29, 0.717) is 0 Å². The Morgan fingerprint density at radius 2 is 2.39 bits per heavy atom. The summed E-state index contributed by atoms with van der Waals surface area (Å²) in [4.78, 5) is 1.18. The van der Waals surface area contributed by atoms with Crippen LogP contribution in [0.1, 0.15) is 30.0 Å². The van der Waals surface area contributed by atoms with E-state index in [9.17, 15) is 0 Å². The molecule has 0 amide bonds. The third-order valence-electron chi connectivity index (χ3n) is 2.67. The van der Waals surface area contributed by atoms with E-state index in [2.05, 4.69) is 22.6 Å². The van der Waals surface area contributed by atoms with Gasteiger partial charge in [0.1, 0.15) is 0 Å². The highest BCUT2D eigenvalue weighted by molar-refractivity contribution is 7.10. The van der Waals surface area contributed by atoms with Crippen molar-refractivity contribution in [3.05, 3.63) is 33.2 Å². The highest BCUT2D eigenvalue weighted by Gasteiger charge is 2.17. The van der Waals surface area contributed by atoms with Gasteiger partial charge in [0.05, 0.1) is 10.7 Å². The fourth-order valence-corrected chi connectivity index (χ4v) is 3.09. The molecule has 0 saturated heterocycles. The van der Waals surface area contributed by atoms with Crippen molar-refractivity contribution in [2.24, 2.45) is 7.05 Å². The van der Waals surface area contributed by atoms with Crippen molar-refractivity contribution in [3.8, 4) is 0 Å². The van der Waals surface area contributed by atoms with Gasteiger partial charge < -0.3 is 5.32 Å². The van der Waals surface area contributed by atoms with Crippen molar-refractivity contribution in [1.29, 1.82) is 0 Å². The fourth-order valence-electron chi connectivity index (χ4n) is 1.83. The summed E-state index contributed by atoms with van der Waals surface area (Å²) in [5.74, 6) is 0. The molecule has 1 N–H and O–H groups in total. The second kappa shape index (κ2) is 6.31. The molecular formula is C12H17ClN4S. The summed E-state index contributed by atoms with van der Waals surface area (Å²) in [5, 5.41) is 14.5. The van der Waals surface area contributed by atoms with Gasteiger partial charge in [-0.05, 0) is 24.4 Å². The van der Waals surface area contributed by atoms with Gasteiger partial charge in [0, 0.05) is 30.6 Å². The first-order valence-electron chi connectivity index (χ1n) is 6.02. The summed E-state index contributed by atoms with van der Waals surface area (Å²) in [6.07, 6.45) is 3.86. The molecule has 18 heavy (non-hydrogen) atoms. The van der Waals surface area contributed by atoms with Gasteiger partial charge in [0.2, 0.25) is 0 Å². The van der Waals surface area contributed by atoms with E-state index in [0.717, 1.165) is 30.1 Å². The Morgan fingerprint density at radius 1 is 1.56 bits per heavy atom. The van der Waals surface area contributed by atoms with Gasteiger partial charge in [-0.25, -0.2) is 0 Å². The number of hydrogen-bond donors (Lipinski definition) is 1. The van der Waals surface area contributed by atoms with Crippen LogP contribution in [-0.4, -0.2) is 21.5 Å². The molecule has 1 atom stereocenters. The first-order chi connectivity index (χ1) is 8.70. The molecule has 0 radical (unpaired) electrons. The number of aryl methyl sites for hydroxylation is 1. The molecular weight excluding hydrogens is 268 g/mol. The van der Waals surface area contributed by atoms with Gasteiger partial charge >= 0.3 is 0 Å². The Bertz CT molecular complexity index is 494. The van der Waals surface area contributed by atoms with Crippen molar-refractivity contribution < 1.29 is 0 Å². The van der Waals surface area contributed by atoms with Gasteiger partial charge in [-0.3, -0.25) is 4.68 Å². The van der Waals surface area contributed by atoms with Crippen LogP contribution in [0, 0.1) is 0 Å². The molecule has 4 nitrogen and oxygen atoms in total. The molecule has 0 fully saturated rings. The maximum atomic E-state index is 6.21. The lowest BCUT2D eigenvalue weighted by atomic mass is 10.1. The van der Waals surface area contributed by atoms with Gasteiger partial charge in [0.25, 0.3) is 0 Å². The van der Waals surface area contributed by atoms with Crippen molar-refractivity contribution in [2.75, 3.05) is 6.54 Å². The minimum Gasteiger partial charge on any atom is -0.309 e. The van der Waals surface area contributed by atoms with Crippen LogP contribution in [0.5, 0.6) is 0 Å². The Kier molecular flexibility index (Phi) is 4.74. The molecule has 0 aliphatic carbocycles. The van der Waals surface area contributed by atoms with Crippen LogP contribution in [0.2, 0.25) is 5.02 Å². The lowest BCUT2D eigenvalue weighted by Crippen LogP contribution is -2.23. The van der Waals surface area contributed by atoms with Crippen molar-refractivity contribution in [1.82, 2.24) is 20.3 Å². The number of hydrogen-bond acceptors (Lipinski definition) is 4. The number of halogens is 1. The summed E-state index contributed by atoms with van der Waals surface area (Å²) in [6, 6.07) is 2.16. The van der Waals surface area contributed by atoms with E-state index in [-0.39, 0.29) is 6.04 Å². The van der Waals surface area contributed by atoms with Gasteiger partial charge in [-0.15, -0.1) is 16.4 Å². The third-order valence-corrected chi connectivity index (χ3v) is 4.14. The molecule has 2 aromatic rings. The average molecular weight is 285 g/mol. The quantitative estimate of drug-likeness (QED) is 0.887. The van der Waals surface area contributed by atoms with Crippen LogP contribution in [0.4, 0.5) is 0 Å². The molecule has 0 aliphatic heterocycles. The topological polar surface area (TPSA) is 42.7 Å². The van der Waals surface area contributed by atoms with Crippen LogP contribution in [0.3, 0.4) is 0 Å². The summed E-state index contributed by atoms with van der Waals surface area (Å²) in [5.41, 5.74) is 0.982. The highest BCUT2D eigenvalue weighted by Crippen LogP contribution is 2.30. The number of rotatable bonds is 6. The standard InChI is InChI=1S/C12H17ClN4S/c1-3-5-14-11(12-10(13)4-6-18-12)7-9-8-17(2)16-15-9/h4,6,8,11,14H,3,5,7H2,1-2H3. The first kappa shape index (κ1) is 13.5. The van der Waals surface area contributed by atoms with E-state index in [4.69, 9.17) is 11.6 Å². The predicted octanol–water partition coefficient (Wildman–Crippen LogP) is 2.81. The second-order valence-corrected chi connectivity index (χ2v) is 5.58. The third kappa shape index (κ3) is 3.31. The van der Waals surface area contributed by atoms with Crippen LogP contribution >= 0.6 is 22.9 Å². The van der Waals surface area contributed by atoms with Crippen molar-refractivity contribution in [3.63, 3.8) is 0 Å². The smallest absolute Gasteiger partial charge is 0.0846 e. The molecule has 2 heterocycles. The SMILES string of the molecule is CCCNC(Cc1cn(C)nn1)c1sccc1Cl. The molecule has 2 aromatic heterocycles. The monoisotopic (exact) mass is 284 g/mol. The Labute approximate surface area is 116 Å². The minimum absolute atomic E-state index is 0.217. The first-order valence-corrected chi connectivity index (χ1v) is 7.28. The number of thiophene rings is 1. The van der Waals surface area contributed by atoms with Crippen molar-refractivity contribution in [2.45, 2.75) is 25.8 Å². The van der Waals surface area contributed by atoms with E-state index in [1.165, 1.54) is 4.88 Å². The van der Waals surface area contributed by atoms with Crippen LogP contribution in [0.25, 0.3) is 0 Å². The molecule has 0 aliphatic rings. The summed E-state index contributed by atoms with van der Waals surface area (Å²) in [6.45, 7) is 3.13. The van der Waals surface area contributed by atoms with Crippen LogP contribution in [-0.2, 0) is 13.5 Å². The second-order valence-electron chi connectivity index (χ2n) is 4.23.